The highest BCUT2D eigenvalue weighted by Gasteiger charge is 2.23. The Morgan fingerprint density at radius 2 is 1.92 bits per heavy atom. The molecule has 0 amide bonds. The molecule has 1 unspecified atom stereocenters. The fourth-order valence-electron chi connectivity index (χ4n) is 2.97. The van der Waals surface area contributed by atoms with E-state index in [9.17, 15) is 0 Å². The third-order valence-electron chi connectivity index (χ3n) is 3.60. The zero-order chi connectivity index (χ0) is 9.10. The van der Waals surface area contributed by atoms with E-state index < -0.39 is 0 Å². The third kappa shape index (κ3) is 1.87. The predicted octanol–water partition coefficient (Wildman–Crippen LogP) is 4.23. The molecule has 0 bridgehead atoms. The summed E-state index contributed by atoms with van der Waals surface area (Å²) < 4.78 is 0. The first kappa shape index (κ1) is 9.05. The normalized spacial score (nSPS) is 28.5. The Morgan fingerprint density at radius 1 is 1.15 bits per heavy atom. The topological polar surface area (TPSA) is 0 Å². The first-order chi connectivity index (χ1) is 6.42. The second-order valence-electron chi connectivity index (χ2n) is 4.45. The maximum Gasteiger partial charge on any atom is -0.0166 e. The number of rotatable bonds is 2. The van der Waals surface area contributed by atoms with Crippen molar-refractivity contribution in [3.63, 3.8) is 0 Å². The van der Waals surface area contributed by atoms with E-state index in [2.05, 4.69) is 12.7 Å². The van der Waals surface area contributed by atoms with Crippen molar-refractivity contribution in [1.29, 1.82) is 0 Å². The molecule has 0 spiro atoms. The Morgan fingerprint density at radius 3 is 2.77 bits per heavy atom. The average Bonchev–Trinajstić information content (AvgIpc) is 2.19. The highest BCUT2D eigenvalue weighted by molar-refractivity contribution is 5.22. The quantitative estimate of drug-likeness (QED) is 0.552. The molecule has 2 aliphatic carbocycles. The molecule has 0 heteroatoms. The lowest BCUT2D eigenvalue weighted by molar-refractivity contribution is 0.447. The summed E-state index contributed by atoms with van der Waals surface area (Å²) in [5, 5.41) is 0. The molecular formula is C13H20. The van der Waals surface area contributed by atoms with Crippen molar-refractivity contribution in [2.24, 2.45) is 5.92 Å². The molecule has 0 heterocycles. The SMILES string of the molecule is C=CCC1CCCC2=C1CCCC2. The fraction of sp³-hybridized carbons (Fsp3) is 0.692. The summed E-state index contributed by atoms with van der Waals surface area (Å²) >= 11 is 0. The summed E-state index contributed by atoms with van der Waals surface area (Å²) in [6, 6.07) is 0. The number of hydrogen-bond donors (Lipinski definition) is 0. The average molecular weight is 176 g/mol. The van der Waals surface area contributed by atoms with Gasteiger partial charge in [0.05, 0.1) is 0 Å². The van der Waals surface area contributed by atoms with Crippen molar-refractivity contribution >= 4 is 0 Å². The minimum atomic E-state index is 0.876. The lowest BCUT2D eigenvalue weighted by Crippen LogP contribution is -2.15. The maximum atomic E-state index is 3.87. The van der Waals surface area contributed by atoms with E-state index in [-0.39, 0.29) is 0 Å². The van der Waals surface area contributed by atoms with Crippen LogP contribution in [0.15, 0.2) is 23.8 Å². The van der Waals surface area contributed by atoms with Gasteiger partial charge < -0.3 is 0 Å². The summed E-state index contributed by atoms with van der Waals surface area (Å²) in [6.45, 7) is 3.87. The summed E-state index contributed by atoms with van der Waals surface area (Å²) in [5.74, 6) is 0.876. The van der Waals surface area contributed by atoms with Gasteiger partial charge >= 0.3 is 0 Å². The van der Waals surface area contributed by atoms with Crippen LogP contribution in [0.2, 0.25) is 0 Å². The summed E-state index contributed by atoms with van der Waals surface area (Å²) in [4.78, 5) is 0. The Balaban J connectivity index is 2.14. The third-order valence-corrected chi connectivity index (χ3v) is 3.60. The van der Waals surface area contributed by atoms with Crippen LogP contribution in [0.25, 0.3) is 0 Å². The zero-order valence-electron chi connectivity index (χ0n) is 8.52. The molecule has 0 aromatic rings. The van der Waals surface area contributed by atoms with Crippen LogP contribution in [0.1, 0.15) is 51.4 Å². The first-order valence-electron chi connectivity index (χ1n) is 5.73. The summed E-state index contributed by atoms with van der Waals surface area (Å²) in [6.07, 6.45) is 13.3. The molecule has 0 N–H and O–H groups in total. The predicted molar refractivity (Wildman–Crippen MR) is 57.6 cm³/mol. The lowest BCUT2D eigenvalue weighted by Gasteiger charge is -2.31. The van der Waals surface area contributed by atoms with E-state index in [1.807, 2.05) is 11.1 Å². The van der Waals surface area contributed by atoms with E-state index >= 15 is 0 Å². The molecule has 2 aliphatic rings. The lowest BCUT2D eigenvalue weighted by atomic mass is 9.75. The van der Waals surface area contributed by atoms with Gasteiger partial charge in [-0.3, -0.25) is 0 Å². The zero-order valence-corrected chi connectivity index (χ0v) is 8.52. The highest BCUT2D eigenvalue weighted by atomic mass is 14.3. The van der Waals surface area contributed by atoms with Gasteiger partial charge in [-0.2, -0.15) is 0 Å². The maximum absolute atomic E-state index is 3.87. The van der Waals surface area contributed by atoms with Crippen LogP contribution in [-0.2, 0) is 0 Å². The van der Waals surface area contributed by atoms with Gasteiger partial charge in [-0.05, 0) is 57.3 Å². The molecule has 0 nitrogen and oxygen atoms in total. The van der Waals surface area contributed by atoms with E-state index in [1.165, 1.54) is 51.4 Å². The second-order valence-corrected chi connectivity index (χ2v) is 4.45. The van der Waals surface area contributed by atoms with Gasteiger partial charge in [0.15, 0.2) is 0 Å². The van der Waals surface area contributed by atoms with Gasteiger partial charge in [0, 0.05) is 0 Å². The van der Waals surface area contributed by atoms with Crippen molar-refractivity contribution in [2.75, 3.05) is 0 Å². The van der Waals surface area contributed by atoms with E-state index in [0.29, 0.717) is 0 Å². The van der Waals surface area contributed by atoms with Crippen LogP contribution in [0, 0.1) is 5.92 Å². The summed E-state index contributed by atoms with van der Waals surface area (Å²) in [7, 11) is 0. The molecule has 0 aromatic heterocycles. The van der Waals surface area contributed by atoms with Crippen molar-refractivity contribution < 1.29 is 0 Å². The van der Waals surface area contributed by atoms with Crippen LogP contribution >= 0.6 is 0 Å². The molecule has 72 valence electrons. The molecule has 0 radical (unpaired) electrons. The largest absolute Gasteiger partial charge is 0.103 e. The van der Waals surface area contributed by atoms with Gasteiger partial charge in [-0.1, -0.05) is 17.2 Å². The number of allylic oxidation sites excluding steroid dienone is 3. The molecule has 0 aromatic carbocycles. The van der Waals surface area contributed by atoms with Crippen molar-refractivity contribution in [3.05, 3.63) is 23.8 Å². The van der Waals surface area contributed by atoms with Crippen LogP contribution in [0.5, 0.6) is 0 Å². The van der Waals surface area contributed by atoms with Crippen molar-refractivity contribution in [3.8, 4) is 0 Å². The van der Waals surface area contributed by atoms with Gasteiger partial charge in [0.2, 0.25) is 0 Å². The van der Waals surface area contributed by atoms with Gasteiger partial charge in [-0.25, -0.2) is 0 Å². The summed E-state index contributed by atoms with van der Waals surface area (Å²) in [5.41, 5.74) is 3.65. The Kier molecular flexibility index (Phi) is 2.87. The standard InChI is InChI=1S/C13H20/c1-2-6-11-8-5-9-12-7-3-4-10-13(11)12/h2,11H,1,3-10H2. The van der Waals surface area contributed by atoms with E-state index in [4.69, 9.17) is 0 Å². The van der Waals surface area contributed by atoms with Gasteiger partial charge in [-0.15, -0.1) is 6.58 Å². The Labute approximate surface area is 81.7 Å². The van der Waals surface area contributed by atoms with E-state index in [0.717, 1.165) is 5.92 Å². The van der Waals surface area contributed by atoms with E-state index in [1.54, 1.807) is 0 Å². The van der Waals surface area contributed by atoms with Crippen LogP contribution in [0.4, 0.5) is 0 Å². The molecule has 2 rings (SSSR count). The minimum Gasteiger partial charge on any atom is -0.103 e. The number of hydrogen-bond acceptors (Lipinski definition) is 0. The minimum absolute atomic E-state index is 0.876. The molecule has 0 saturated carbocycles. The molecular weight excluding hydrogens is 156 g/mol. The Bertz CT molecular complexity index is 218. The van der Waals surface area contributed by atoms with Gasteiger partial charge in [0.25, 0.3) is 0 Å². The smallest absolute Gasteiger partial charge is 0.0166 e. The van der Waals surface area contributed by atoms with Crippen molar-refractivity contribution in [2.45, 2.75) is 51.4 Å². The molecule has 1 atom stereocenters. The Hall–Kier alpha value is -0.520. The molecule has 0 saturated heterocycles. The fourth-order valence-corrected chi connectivity index (χ4v) is 2.97. The molecule has 0 aliphatic heterocycles. The molecule has 13 heavy (non-hydrogen) atoms. The molecule has 0 fully saturated rings. The van der Waals surface area contributed by atoms with Crippen LogP contribution < -0.4 is 0 Å². The van der Waals surface area contributed by atoms with Crippen LogP contribution in [-0.4, -0.2) is 0 Å². The van der Waals surface area contributed by atoms with Gasteiger partial charge in [0.1, 0.15) is 0 Å². The monoisotopic (exact) mass is 176 g/mol. The van der Waals surface area contributed by atoms with Crippen molar-refractivity contribution in [1.82, 2.24) is 0 Å². The first-order valence-corrected chi connectivity index (χ1v) is 5.73. The highest BCUT2D eigenvalue weighted by Crippen LogP contribution is 2.40. The second kappa shape index (κ2) is 4.13. The van der Waals surface area contributed by atoms with Crippen LogP contribution in [0.3, 0.4) is 0 Å².